The Labute approximate surface area is 56.8 Å². The molecule has 0 aromatic rings. The molecule has 0 aliphatic heterocycles. The third-order valence-electron chi connectivity index (χ3n) is 0. The maximum absolute atomic E-state index is 8.46. The van der Waals surface area contributed by atoms with Crippen LogP contribution in [0.25, 0.3) is 0 Å². The first-order chi connectivity index (χ1) is 3.41. The van der Waals surface area contributed by atoms with Crippen molar-refractivity contribution in [2.45, 2.75) is 0 Å². The fraction of sp³-hybridized carbons (Fsp3) is 1.00. The monoisotopic (exact) mass is 133 g/mol. The Balaban J connectivity index is 0. The first-order valence-corrected chi connectivity index (χ1v) is 3.20. The van der Waals surface area contributed by atoms with Gasteiger partial charge in [-0.1, -0.05) is 0 Å². The van der Waals surface area contributed by atoms with Crippen LogP contribution in [-0.2, 0) is 3.80 Å². The topological polar surface area (TPSA) is 40.1 Å². The molecule has 0 radical (unpaired) electrons. The van der Waals surface area contributed by atoms with Crippen LogP contribution >= 0.6 is 0 Å². The Morgan fingerprint density at radius 3 is 1.25 bits per heavy atom. The summed E-state index contributed by atoms with van der Waals surface area (Å²) >= 11 is -1.75. The van der Waals surface area contributed by atoms with Crippen LogP contribution in [0.4, 0.5) is 0 Å². The van der Waals surface area contributed by atoms with Crippen LogP contribution in [0.15, 0.2) is 0 Å². The van der Waals surface area contributed by atoms with Gasteiger partial charge in [-0.05, 0) is 0 Å². The number of hydrogen-bond acceptors (Lipinski definition) is 2. The Kier molecular flexibility index (Phi) is 7.17. The van der Waals surface area contributed by atoms with E-state index in [1.165, 1.54) is 0 Å². The second-order valence-corrected chi connectivity index (χ2v) is 2.97. The van der Waals surface area contributed by atoms with Crippen LogP contribution in [0.2, 0.25) is 0 Å². The van der Waals surface area contributed by atoms with Gasteiger partial charge >= 0.3 is 23.4 Å². The molecule has 0 amide bonds. The second-order valence-electron chi connectivity index (χ2n) is 2.78. The molecular formula is C4H12AlNO2. The summed E-state index contributed by atoms with van der Waals surface area (Å²) in [4.78, 5) is 0. The minimum absolute atomic E-state index is 1.00. The molecule has 0 fully saturated rings. The molecule has 0 aromatic heterocycles. The van der Waals surface area contributed by atoms with Gasteiger partial charge in [0.05, 0.1) is 28.2 Å². The fourth-order valence-electron chi connectivity index (χ4n) is 0. The molecule has 0 rings (SSSR count). The van der Waals surface area contributed by atoms with Gasteiger partial charge in [0.1, 0.15) is 0 Å². The molecule has 0 unspecified atom stereocenters. The molecule has 0 atom stereocenters. The summed E-state index contributed by atoms with van der Waals surface area (Å²) in [6, 6.07) is 0. The second kappa shape index (κ2) is 5.23. The summed E-state index contributed by atoms with van der Waals surface area (Å²) in [5, 5.41) is 0. The number of quaternary nitrogens is 1. The van der Waals surface area contributed by atoms with Gasteiger partial charge in [0, 0.05) is 0 Å². The van der Waals surface area contributed by atoms with E-state index in [2.05, 4.69) is 28.2 Å². The Hall–Kier alpha value is 0.0925. The molecule has 0 aromatic carbocycles. The van der Waals surface area contributed by atoms with Crippen molar-refractivity contribution in [3.8, 4) is 0 Å². The van der Waals surface area contributed by atoms with Crippen LogP contribution in [0, 0.1) is 0 Å². The van der Waals surface area contributed by atoms with Crippen molar-refractivity contribution in [2.24, 2.45) is 0 Å². The third kappa shape index (κ3) is 18500. The van der Waals surface area contributed by atoms with Crippen LogP contribution < -0.4 is 4.16 Å². The summed E-state index contributed by atoms with van der Waals surface area (Å²) in [5.41, 5.74) is 0. The van der Waals surface area contributed by atoms with E-state index < -0.39 is 15.5 Å². The van der Waals surface area contributed by atoms with Crippen molar-refractivity contribution in [2.75, 3.05) is 28.2 Å². The van der Waals surface area contributed by atoms with E-state index in [1.54, 1.807) is 0 Å². The minimum atomic E-state index is -1.75. The van der Waals surface area contributed by atoms with Gasteiger partial charge in [-0.15, -0.1) is 0 Å². The van der Waals surface area contributed by atoms with Gasteiger partial charge in [0.25, 0.3) is 0 Å². The molecular weight excluding hydrogens is 121 g/mol. The summed E-state index contributed by atoms with van der Waals surface area (Å²) in [6.07, 6.45) is 0. The zero-order valence-electron chi connectivity index (χ0n) is 5.84. The van der Waals surface area contributed by atoms with E-state index in [0.29, 0.717) is 0 Å². The molecule has 0 bridgehead atoms. The number of hydrogen-bond donors (Lipinski definition) is 0. The molecule has 0 heterocycles. The average Bonchev–Trinajstić information content (AvgIpc) is 1.27. The summed E-state index contributed by atoms with van der Waals surface area (Å²) in [6.45, 7) is 0. The normalized spacial score (nSPS) is 8.50. The van der Waals surface area contributed by atoms with Gasteiger partial charge in [0.15, 0.2) is 0 Å². The first-order valence-electron chi connectivity index (χ1n) is 2.26. The van der Waals surface area contributed by atoms with Crippen molar-refractivity contribution in [1.82, 2.24) is 0 Å². The van der Waals surface area contributed by atoms with Crippen molar-refractivity contribution in [3.63, 3.8) is 0 Å². The zero-order chi connectivity index (χ0) is 7.21. The molecule has 0 aliphatic rings. The van der Waals surface area contributed by atoms with Crippen LogP contribution in [0.3, 0.4) is 0 Å². The third-order valence-corrected chi connectivity index (χ3v) is 0. The molecule has 4 heteroatoms. The fourth-order valence-corrected chi connectivity index (χ4v) is 0. The molecule has 0 saturated carbocycles. The van der Waals surface area contributed by atoms with Gasteiger partial charge in [-0.2, -0.15) is 0 Å². The van der Waals surface area contributed by atoms with Crippen molar-refractivity contribution >= 4 is 15.5 Å². The van der Waals surface area contributed by atoms with Gasteiger partial charge in [-0.3, -0.25) is 0 Å². The predicted molar refractivity (Wildman–Crippen MR) is 30.4 cm³/mol. The molecule has 0 aliphatic carbocycles. The summed E-state index contributed by atoms with van der Waals surface area (Å²) in [5.74, 6) is 0. The first kappa shape index (κ1) is 11.0. The van der Waals surface area contributed by atoms with Crippen molar-refractivity contribution in [1.29, 1.82) is 0 Å². The molecule has 48 valence electrons. The number of rotatable bonds is 0. The molecule has 0 N–H and O–H groups in total. The van der Waals surface area contributed by atoms with Gasteiger partial charge < -0.3 is 4.48 Å². The zero-order valence-corrected chi connectivity index (χ0v) is 7.00. The van der Waals surface area contributed by atoms with E-state index in [-0.39, 0.29) is 0 Å². The molecule has 0 spiro atoms. The Morgan fingerprint density at radius 1 is 1.25 bits per heavy atom. The van der Waals surface area contributed by atoms with Crippen LogP contribution in [-0.4, -0.2) is 48.2 Å². The Bertz CT molecular complexity index is 53.5. The van der Waals surface area contributed by atoms with Crippen molar-refractivity contribution < 1.29 is 12.4 Å². The number of nitrogens with zero attached hydrogens (tertiary/aromatic N) is 1. The van der Waals surface area contributed by atoms with E-state index >= 15 is 0 Å². The van der Waals surface area contributed by atoms with Crippen molar-refractivity contribution in [3.05, 3.63) is 0 Å². The van der Waals surface area contributed by atoms with Crippen LogP contribution in [0.1, 0.15) is 0 Å². The van der Waals surface area contributed by atoms with E-state index in [9.17, 15) is 0 Å². The maximum atomic E-state index is 8.46. The van der Waals surface area contributed by atoms with E-state index in [1.807, 2.05) is 0 Å². The van der Waals surface area contributed by atoms with Gasteiger partial charge in [0.2, 0.25) is 0 Å². The average molecular weight is 133 g/mol. The van der Waals surface area contributed by atoms with E-state index in [0.717, 1.165) is 4.48 Å². The Morgan fingerprint density at radius 2 is 1.25 bits per heavy atom. The standard InChI is InChI=1S/C4H12N.Al.2O/c1-5(2,3)4;;;/h1-4H3;;;/q+1;;;-1. The molecule has 8 heavy (non-hydrogen) atoms. The molecule has 0 saturated heterocycles. The SMILES string of the molecule is C[N+](C)(C)C.[O]=[Al][O-]. The molecule has 3 nitrogen and oxygen atoms in total. The van der Waals surface area contributed by atoms with Gasteiger partial charge in [-0.25, -0.2) is 0 Å². The summed E-state index contributed by atoms with van der Waals surface area (Å²) in [7, 11) is 8.50. The summed E-state index contributed by atoms with van der Waals surface area (Å²) < 4.78 is 17.9. The van der Waals surface area contributed by atoms with E-state index in [4.69, 9.17) is 7.96 Å². The predicted octanol–water partition coefficient (Wildman–Crippen LogP) is -1.37. The van der Waals surface area contributed by atoms with Crippen LogP contribution in [0.5, 0.6) is 0 Å². The quantitative estimate of drug-likeness (QED) is 0.302.